The first kappa shape index (κ1) is 16.6. The molecule has 0 amide bonds. The van der Waals surface area contributed by atoms with Crippen LogP contribution in [0.4, 0.5) is 0 Å². The van der Waals surface area contributed by atoms with E-state index in [1.807, 2.05) is 24.3 Å². The van der Waals surface area contributed by atoms with E-state index in [4.69, 9.17) is 8.94 Å². The SMILES string of the molecule is O=c1[nH]c(-c2ccncc2)nc2c1CN(Cc1cc(-c3ccco3)on1)CC2. The first-order valence-electron chi connectivity index (χ1n) is 9.00. The molecule has 4 aromatic rings. The Balaban J connectivity index is 1.35. The van der Waals surface area contributed by atoms with Crippen LogP contribution >= 0.6 is 0 Å². The Morgan fingerprint density at radius 2 is 2.07 bits per heavy atom. The van der Waals surface area contributed by atoms with E-state index in [9.17, 15) is 4.79 Å². The average molecular weight is 375 g/mol. The minimum absolute atomic E-state index is 0.0991. The van der Waals surface area contributed by atoms with Gasteiger partial charge < -0.3 is 13.9 Å². The van der Waals surface area contributed by atoms with Crippen molar-refractivity contribution in [3.05, 3.63) is 76.3 Å². The van der Waals surface area contributed by atoms with E-state index in [1.54, 1.807) is 24.7 Å². The van der Waals surface area contributed by atoms with Crippen LogP contribution in [0.2, 0.25) is 0 Å². The van der Waals surface area contributed by atoms with Crippen LogP contribution in [0.25, 0.3) is 22.9 Å². The van der Waals surface area contributed by atoms with Crippen molar-refractivity contribution in [2.45, 2.75) is 19.5 Å². The van der Waals surface area contributed by atoms with Crippen LogP contribution in [0.5, 0.6) is 0 Å². The summed E-state index contributed by atoms with van der Waals surface area (Å²) in [6, 6.07) is 9.16. The molecule has 1 aliphatic rings. The number of furan rings is 1. The van der Waals surface area contributed by atoms with Crippen molar-refractivity contribution in [3.8, 4) is 22.9 Å². The van der Waals surface area contributed by atoms with Gasteiger partial charge in [-0.25, -0.2) is 4.98 Å². The molecule has 8 nitrogen and oxygen atoms in total. The van der Waals surface area contributed by atoms with Crippen molar-refractivity contribution >= 4 is 0 Å². The van der Waals surface area contributed by atoms with Crippen LogP contribution in [0, 0.1) is 0 Å². The van der Waals surface area contributed by atoms with E-state index in [2.05, 4.69) is 25.0 Å². The first-order valence-corrected chi connectivity index (χ1v) is 9.00. The second kappa shape index (κ2) is 6.90. The van der Waals surface area contributed by atoms with Gasteiger partial charge in [-0.3, -0.25) is 14.7 Å². The second-order valence-corrected chi connectivity index (χ2v) is 6.70. The predicted molar refractivity (Wildman–Crippen MR) is 100 cm³/mol. The smallest absolute Gasteiger partial charge is 0.255 e. The summed E-state index contributed by atoms with van der Waals surface area (Å²) in [5.41, 5.74) is 3.11. The highest BCUT2D eigenvalue weighted by Gasteiger charge is 2.22. The molecule has 0 aromatic carbocycles. The van der Waals surface area contributed by atoms with Crippen LogP contribution in [-0.2, 0) is 19.5 Å². The summed E-state index contributed by atoms with van der Waals surface area (Å²) in [4.78, 5) is 26.4. The number of pyridine rings is 1. The minimum Gasteiger partial charge on any atom is -0.461 e. The van der Waals surface area contributed by atoms with Crippen LogP contribution in [0.1, 0.15) is 17.0 Å². The zero-order chi connectivity index (χ0) is 18.9. The van der Waals surface area contributed by atoms with Crippen LogP contribution in [-0.4, -0.2) is 31.6 Å². The Labute approximate surface area is 159 Å². The van der Waals surface area contributed by atoms with E-state index in [1.165, 1.54) is 0 Å². The molecule has 8 heteroatoms. The molecule has 28 heavy (non-hydrogen) atoms. The molecule has 5 rings (SSSR count). The molecule has 0 spiro atoms. The van der Waals surface area contributed by atoms with E-state index in [0.717, 1.165) is 23.5 Å². The highest BCUT2D eigenvalue weighted by atomic mass is 16.5. The highest BCUT2D eigenvalue weighted by Crippen LogP contribution is 2.23. The zero-order valence-electron chi connectivity index (χ0n) is 15.0. The second-order valence-electron chi connectivity index (χ2n) is 6.70. The predicted octanol–water partition coefficient (Wildman–Crippen LogP) is 2.64. The van der Waals surface area contributed by atoms with Gasteiger partial charge in [0.2, 0.25) is 5.76 Å². The summed E-state index contributed by atoms with van der Waals surface area (Å²) < 4.78 is 10.7. The molecular weight excluding hydrogens is 358 g/mol. The van der Waals surface area contributed by atoms with E-state index in [-0.39, 0.29) is 5.56 Å². The number of hydrogen-bond acceptors (Lipinski definition) is 7. The van der Waals surface area contributed by atoms with Gasteiger partial charge >= 0.3 is 0 Å². The Hall–Kier alpha value is -3.52. The van der Waals surface area contributed by atoms with Gasteiger partial charge in [0.05, 0.1) is 23.2 Å². The van der Waals surface area contributed by atoms with E-state index >= 15 is 0 Å². The van der Waals surface area contributed by atoms with Gasteiger partial charge in [0.25, 0.3) is 5.56 Å². The normalized spacial score (nSPS) is 14.1. The molecule has 0 aliphatic carbocycles. The Morgan fingerprint density at radius 1 is 1.18 bits per heavy atom. The number of aromatic nitrogens is 4. The lowest BCUT2D eigenvalue weighted by molar-refractivity contribution is 0.234. The number of fused-ring (bicyclic) bond motifs is 1. The number of rotatable bonds is 4. The Bertz CT molecular complexity index is 1150. The average Bonchev–Trinajstić information content (AvgIpc) is 3.41. The summed E-state index contributed by atoms with van der Waals surface area (Å²) >= 11 is 0. The van der Waals surface area contributed by atoms with E-state index in [0.29, 0.717) is 42.4 Å². The number of aromatic amines is 1. The quantitative estimate of drug-likeness (QED) is 0.585. The summed E-state index contributed by atoms with van der Waals surface area (Å²) in [5, 5.41) is 4.11. The first-order chi connectivity index (χ1) is 13.8. The van der Waals surface area contributed by atoms with Crippen LogP contribution in [0.15, 0.2) is 62.7 Å². The molecule has 0 atom stereocenters. The van der Waals surface area contributed by atoms with Crippen LogP contribution < -0.4 is 5.56 Å². The third-order valence-corrected chi connectivity index (χ3v) is 4.81. The van der Waals surface area contributed by atoms with Gasteiger partial charge in [0.1, 0.15) is 5.82 Å². The van der Waals surface area contributed by atoms with Crippen molar-refractivity contribution in [2.75, 3.05) is 6.54 Å². The van der Waals surface area contributed by atoms with Crippen molar-refractivity contribution in [1.29, 1.82) is 0 Å². The molecule has 0 bridgehead atoms. The molecule has 5 heterocycles. The van der Waals surface area contributed by atoms with Gasteiger partial charge in [0, 0.05) is 50.1 Å². The third-order valence-electron chi connectivity index (χ3n) is 4.81. The standard InChI is InChI=1S/C20H17N5O3/c26-20-15-12-25(11-14-10-18(28-24-14)17-2-1-9-27-17)8-5-16(15)22-19(23-20)13-3-6-21-7-4-13/h1-4,6-7,9-10H,5,8,11-12H2,(H,22,23,26). The summed E-state index contributed by atoms with van der Waals surface area (Å²) in [6.45, 7) is 1.91. The fraction of sp³-hybridized carbons (Fsp3) is 0.200. The lowest BCUT2D eigenvalue weighted by atomic mass is 10.1. The molecule has 140 valence electrons. The van der Waals surface area contributed by atoms with Crippen molar-refractivity contribution < 1.29 is 8.94 Å². The maximum atomic E-state index is 12.6. The maximum absolute atomic E-state index is 12.6. The Kier molecular flexibility index (Phi) is 4.10. The number of nitrogens with zero attached hydrogens (tertiary/aromatic N) is 4. The fourth-order valence-electron chi connectivity index (χ4n) is 3.41. The molecule has 0 fully saturated rings. The van der Waals surface area contributed by atoms with Crippen LogP contribution in [0.3, 0.4) is 0 Å². The molecule has 1 aliphatic heterocycles. The van der Waals surface area contributed by atoms with Crippen molar-refractivity contribution in [3.63, 3.8) is 0 Å². The topological polar surface area (TPSA) is 101 Å². The van der Waals surface area contributed by atoms with Crippen molar-refractivity contribution in [1.82, 2.24) is 25.0 Å². The molecule has 4 aromatic heterocycles. The summed E-state index contributed by atoms with van der Waals surface area (Å²) in [5.74, 6) is 1.82. The Morgan fingerprint density at radius 3 is 2.89 bits per heavy atom. The molecule has 0 saturated carbocycles. The third kappa shape index (κ3) is 3.14. The molecular formula is C20H17N5O3. The number of hydrogen-bond donors (Lipinski definition) is 1. The van der Waals surface area contributed by atoms with E-state index < -0.39 is 0 Å². The largest absolute Gasteiger partial charge is 0.461 e. The summed E-state index contributed by atoms with van der Waals surface area (Å²) in [7, 11) is 0. The number of nitrogens with one attached hydrogen (secondary N) is 1. The summed E-state index contributed by atoms with van der Waals surface area (Å²) in [6.07, 6.45) is 5.68. The highest BCUT2D eigenvalue weighted by molar-refractivity contribution is 5.54. The zero-order valence-corrected chi connectivity index (χ0v) is 15.0. The van der Waals surface area contributed by atoms with Gasteiger partial charge in [-0.05, 0) is 24.3 Å². The fourth-order valence-corrected chi connectivity index (χ4v) is 3.41. The lowest BCUT2D eigenvalue weighted by Crippen LogP contribution is -2.35. The van der Waals surface area contributed by atoms with Crippen molar-refractivity contribution in [2.24, 2.45) is 0 Å². The lowest BCUT2D eigenvalue weighted by Gasteiger charge is -2.26. The minimum atomic E-state index is -0.0991. The molecule has 0 unspecified atom stereocenters. The monoisotopic (exact) mass is 375 g/mol. The van der Waals surface area contributed by atoms with Gasteiger partial charge in [-0.15, -0.1) is 0 Å². The maximum Gasteiger partial charge on any atom is 0.255 e. The van der Waals surface area contributed by atoms with Gasteiger partial charge in [0.15, 0.2) is 5.76 Å². The number of H-pyrrole nitrogens is 1. The molecule has 1 N–H and O–H groups in total. The van der Waals surface area contributed by atoms with Gasteiger partial charge in [-0.2, -0.15) is 0 Å². The van der Waals surface area contributed by atoms with Gasteiger partial charge in [-0.1, -0.05) is 5.16 Å². The molecule has 0 radical (unpaired) electrons. The molecule has 0 saturated heterocycles.